The monoisotopic (exact) mass is 558 g/mol. The maximum absolute atomic E-state index is 10.6. The minimum Gasteiger partial charge on any atom is -0.491 e. The fourth-order valence-corrected chi connectivity index (χ4v) is 6.05. The number of rotatable bonds is 16. The number of benzene rings is 5. The molecule has 1 atom stereocenters. The van der Waals surface area contributed by atoms with Crippen LogP contribution in [0.25, 0.3) is 43.8 Å². The van der Waals surface area contributed by atoms with Crippen molar-refractivity contribution in [3.63, 3.8) is 0 Å². The zero-order valence-electron chi connectivity index (χ0n) is 25.2. The summed E-state index contributed by atoms with van der Waals surface area (Å²) in [7, 11) is 0. The molecule has 5 aromatic rings. The zero-order chi connectivity index (χ0) is 29.0. The van der Waals surface area contributed by atoms with Crippen LogP contribution in [0.15, 0.2) is 103 Å². The van der Waals surface area contributed by atoms with Gasteiger partial charge in [0.2, 0.25) is 0 Å². The Balaban J connectivity index is 1.24. The molecule has 0 aliphatic heterocycles. The van der Waals surface area contributed by atoms with Crippen molar-refractivity contribution in [3.05, 3.63) is 103 Å². The van der Waals surface area contributed by atoms with Crippen molar-refractivity contribution in [2.75, 3.05) is 6.61 Å². The van der Waals surface area contributed by atoms with E-state index in [0.29, 0.717) is 6.61 Å². The maximum atomic E-state index is 10.6. The molecule has 0 spiro atoms. The molecule has 0 fully saturated rings. The summed E-state index contributed by atoms with van der Waals surface area (Å²) >= 11 is 0. The molecular formula is C40H46O2. The van der Waals surface area contributed by atoms with Gasteiger partial charge in [-0.15, -0.1) is 0 Å². The van der Waals surface area contributed by atoms with Gasteiger partial charge < -0.3 is 9.84 Å². The topological polar surface area (TPSA) is 29.5 Å². The molecule has 1 unspecified atom stereocenters. The predicted molar refractivity (Wildman–Crippen MR) is 180 cm³/mol. The number of fused-ring (bicyclic) bond motifs is 2. The summed E-state index contributed by atoms with van der Waals surface area (Å²) in [5.74, 6) is 0.797. The highest BCUT2D eigenvalue weighted by molar-refractivity contribution is 6.06. The number of unbranched alkanes of at least 4 members (excludes halogenated alkanes) is 9. The van der Waals surface area contributed by atoms with E-state index in [2.05, 4.69) is 110 Å². The first-order valence-corrected chi connectivity index (χ1v) is 16.1. The van der Waals surface area contributed by atoms with E-state index in [1.807, 2.05) is 0 Å². The molecule has 5 rings (SSSR count). The van der Waals surface area contributed by atoms with Gasteiger partial charge in [0.25, 0.3) is 0 Å². The Morgan fingerprint density at radius 3 is 1.93 bits per heavy atom. The van der Waals surface area contributed by atoms with Crippen molar-refractivity contribution in [2.24, 2.45) is 0 Å². The summed E-state index contributed by atoms with van der Waals surface area (Å²) in [6.07, 6.45) is 13.4. The number of hydrogen-bond acceptors (Lipinski definition) is 2. The van der Waals surface area contributed by atoms with Crippen LogP contribution < -0.4 is 4.74 Å². The van der Waals surface area contributed by atoms with Crippen LogP contribution in [0.4, 0.5) is 0 Å². The van der Waals surface area contributed by atoms with Crippen LogP contribution >= 0.6 is 0 Å². The van der Waals surface area contributed by atoms with E-state index in [1.165, 1.54) is 90.5 Å². The van der Waals surface area contributed by atoms with Crippen LogP contribution in [0.1, 0.15) is 77.6 Å². The minimum atomic E-state index is -0.440. The van der Waals surface area contributed by atoms with E-state index in [-0.39, 0.29) is 0 Å². The van der Waals surface area contributed by atoms with E-state index in [1.54, 1.807) is 0 Å². The molecule has 0 amide bonds. The van der Waals surface area contributed by atoms with Crippen molar-refractivity contribution in [2.45, 2.75) is 83.7 Å². The zero-order valence-corrected chi connectivity index (χ0v) is 25.2. The highest BCUT2D eigenvalue weighted by Crippen LogP contribution is 2.39. The first-order valence-electron chi connectivity index (χ1n) is 16.1. The number of ether oxygens (including phenoxy) is 1. The fraction of sp³-hybridized carbons (Fsp3) is 0.350. The molecule has 5 aromatic carbocycles. The third-order valence-corrected chi connectivity index (χ3v) is 8.45. The van der Waals surface area contributed by atoms with Gasteiger partial charge in [-0.1, -0.05) is 150 Å². The lowest BCUT2D eigenvalue weighted by molar-refractivity contribution is 0.0975. The van der Waals surface area contributed by atoms with Crippen molar-refractivity contribution in [1.82, 2.24) is 0 Å². The summed E-state index contributed by atoms with van der Waals surface area (Å²) in [4.78, 5) is 0. The Hall–Kier alpha value is -3.62. The normalized spacial score (nSPS) is 12.1. The van der Waals surface area contributed by atoms with Crippen LogP contribution in [0, 0.1) is 0 Å². The summed E-state index contributed by atoms with van der Waals surface area (Å²) < 4.78 is 6.16. The molecule has 0 aromatic heterocycles. The lowest BCUT2D eigenvalue weighted by Crippen LogP contribution is -2.17. The third-order valence-electron chi connectivity index (χ3n) is 8.45. The summed E-state index contributed by atoms with van der Waals surface area (Å²) in [5.41, 5.74) is 4.68. The Labute approximate surface area is 252 Å². The number of aliphatic hydroxyl groups excluding tert-OH is 1. The molecule has 218 valence electrons. The molecule has 0 saturated carbocycles. The van der Waals surface area contributed by atoms with Gasteiger partial charge in [0.05, 0.1) is 6.10 Å². The first-order chi connectivity index (χ1) is 20.7. The molecule has 42 heavy (non-hydrogen) atoms. The van der Waals surface area contributed by atoms with Gasteiger partial charge in [0.1, 0.15) is 12.4 Å². The van der Waals surface area contributed by atoms with Gasteiger partial charge in [-0.2, -0.15) is 0 Å². The first kappa shape index (κ1) is 29.9. The smallest absolute Gasteiger partial charge is 0.120 e. The largest absolute Gasteiger partial charge is 0.491 e. The van der Waals surface area contributed by atoms with E-state index in [4.69, 9.17) is 4.74 Å². The molecule has 0 aliphatic carbocycles. The highest BCUT2D eigenvalue weighted by atomic mass is 16.5. The predicted octanol–water partition coefficient (Wildman–Crippen LogP) is 11.4. The average molecular weight is 559 g/mol. The lowest BCUT2D eigenvalue weighted by Gasteiger charge is -2.17. The third kappa shape index (κ3) is 8.01. The Bertz CT molecular complexity index is 1540. The summed E-state index contributed by atoms with van der Waals surface area (Å²) in [6, 6.07) is 36.6. The van der Waals surface area contributed by atoms with E-state index in [0.717, 1.165) is 29.7 Å². The van der Waals surface area contributed by atoms with Crippen molar-refractivity contribution >= 4 is 21.5 Å². The Morgan fingerprint density at radius 1 is 0.548 bits per heavy atom. The second kappa shape index (κ2) is 15.6. The van der Waals surface area contributed by atoms with E-state index in [9.17, 15) is 5.11 Å². The molecule has 0 bridgehead atoms. The molecule has 0 heterocycles. The second-order valence-electron chi connectivity index (χ2n) is 11.7. The SMILES string of the molecule is CCCCCCCCCCCCC(O)COc1ccc(-c2cccc3cc4ccccc4cc23)c(-c2ccccc2)c1. The van der Waals surface area contributed by atoms with Crippen molar-refractivity contribution < 1.29 is 9.84 Å². The van der Waals surface area contributed by atoms with Gasteiger partial charge >= 0.3 is 0 Å². The quantitative estimate of drug-likeness (QED) is 0.0964. The van der Waals surface area contributed by atoms with Gasteiger partial charge in [-0.05, 0) is 74.5 Å². The van der Waals surface area contributed by atoms with E-state index < -0.39 is 6.10 Å². The van der Waals surface area contributed by atoms with Crippen LogP contribution in [0.3, 0.4) is 0 Å². The second-order valence-corrected chi connectivity index (χ2v) is 11.7. The Morgan fingerprint density at radius 2 is 1.19 bits per heavy atom. The molecule has 0 aliphatic rings. The summed E-state index contributed by atoms with van der Waals surface area (Å²) in [6.45, 7) is 2.59. The van der Waals surface area contributed by atoms with Crippen LogP contribution in [0.5, 0.6) is 5.75 Å². The molecular weight excluding hydrogens is 512 g/mol. The molecule has 2 nitrogen and oxygen atoms in total. The molecule has 1 N–H and O–H groups in total. The van der Waals surface area contributed by atoms with E-state index >= 15 is 0 Å². The molecule has 2 heteroatoms. The highest BCUT2D eigenvalue weighted by Gasteiger charge is 2.14. The van der Waals surface area contributed by atoms with Gasteiger partial charge in [-0.25, -0.2) is 0 Å². The number of aliphatic hydroxyl groups is 1. The van der Waals surface area contributed by atoms with Crippen LogP contribution in [0.2, 0.25) is 0 Å². The fourth-order valence-electron chi connectivity index (χ4n) is 6.05. The van der Waals surface area contributed by atoms with Gasteiger partial charge in [0, 0.05) is 0 Å². The lowest BCUT2D eigenvalue weighted by atomic mass is 9.90. The summed E-state index contributed by atoms with van der Waals surface area (Å²) in [5, 5.41) is 15.6. The average Bonchev–Trinajstić information content (AvgIpc) is 3.03. The van der Waals surface area contributed by atoms with Crippen molar-refractivity contribution in [3.8, 4) is 28.0 Å². The van der Waals surface area contributed by atoms with Gasteiger partial charge in [0.15, 0.2) is 0 Å². The standard InChI is InChI=1S/C40H46O2/c1-2-3-4-5-6-7-8-9-10-14-23-35(41)30-42-36-25-26-38(40(29-36)31-18-12-11-13-19-31)37-24-17-22-34-27-32-20-15-16-21-33(32)28-39(34)37/h11-13,15-22,24-29,35,41H,2-10,14,23,30H2,1H3. The van der Waals surface area contributed by atoms with Gasteiger partial charge in [-0.3, -0.25) is 0 Å². The van der Waals surface area contributed by atoms with Crippen molar-refractivity contribution in [1.29, 1.82) is 0 Å². The maximum Gasteiger partial charge on any atom is 0.120 e. The number of hydrogen-bond donors (Lipinski definition) is 1. The van der Waals surface area contributed by atoms with Crippen LogP contribution in [-0.4, -0.2) is 17.8 Å². The molecule has 0 radical (unpaired) electrons. The van der Waals surface area contributed by atoms with Crippen LogP contribution in [-0.2, 0) is 0 Å². The Kier molecular flexibility index (Phi) is 11.1. The minimum absolute atomic E-state index is 0.325. The molecule has 0 saturated heterocycles.